The number of rotatable bonds is 4. The molecule has 2 N–H and O–H groups in total. The number of nitrogens with zero attached hydrogens (tertiary/aromatic N) is 3. The molecule has 2 aromatic heterocycles. The third kappa shape index (κ3) is 3.18. The van der Waals surface area contributed by atoms with Crippen LogP contribution in [0.4, 0.5) is 0 Å². The summed E-state index contributed by atoms with van der Waals surface area (Å²) in [6.45, 7) is 7.92. The molecule has 7 heteroatoms. The molecule has 1 aliphatic rings. The van der Waals surface area contributed by atoms with E-state index in [2.05, 4.69) is 22.3 Å². The molecule has 1 aliphatic carbocycles. The predicted octanol–water partition coefficient (Wildman–Crippen LogP) is 3.08. The number of carboxylic acid groups (broad SMARTS) is 1. The van der Waals surface area contributed by atoms with Crippen LogP contribution in [0.15, 0.2) is 12.3 Å². The molecule has 0 radical (unpaired) electrons. The zero-order valence-electron chi connectivity index (χ0n) is 15.7. The third-order valence-electron chi connectivity index (χ3n) is 5.38. The Balaban J connectivity index is 1.92. The van der Waals surface area contributed by atoms with Crippen molar-refractivity contribution in [2.24, 2.45) is 5.92 Å². The van der Waals surface area contributed by atoms with E-state index in [1.165, 1.54) is 0 Å². The van der Waals surface area contributed by atoms with Gasteiger partial charge >= 0.3 is 5.97 Å². The van der Waals surface area contributed by atoms with E-state index < -0.39 is 11.5 Å². The molecule has 140 valence electrons. The Morgan fingerprint density at radius 3 is 2.58 bits per heavy atom. The number of carbonyl (C=O) groups is 2. The number of pyridine rings is 1. The molecule has 1 amide bonds. The van der Waals surface area contributed by atoms with Crippen LogP contribution in [-0.4, -0.2) is 37.3 Å². The number of aliphatic carboxylic acids is 1. The normalized spacial score (nSPS) is 23.3. The first-order chi connectivity index (χ1) is 12.2. The zero-order chi connectivity index (χ0) is 19.1. The van der Waals surface area contributed by atoms with Gasteiger partial charge in [-0.05, 0) is 58.4 Å². The second-order valence-corrected chi connectivity index (χ2v) is 7.74. The van der Waals surface area contributed by atoms with Gasteiger partial charge in [0.05, 0.1) is 17.5 Å². The van der Waals surface area contributed by atoms with Crippen LogP contribution in [0.2, 0.25) is 0 Å². The summed E-state index contributed by atoms with van der Waals surface area (Å²) in [6.07, 6.45) is 4.19. The fourth-order valence-corrected chi connectivity index (χ4v) is 3.61. The van der Waals surface area contributed by atoms with Gasteiger partial charge in [0.2, 0.25) is 0 Å². The van der Waals surface area contributed by atoms with Crippen molar-refractivity contribution in [1.82, 2.24) is 20.1 Å². The zero-order valence-corrected chi connectivity index (χ0v) is 15.7. The quantitative estimate of drug-likeness (QED) is 0.875. The van der Waals surface area contributed by atoms with Crippen LogP contribution in [0.3, 0.4) is 0 Å². The van der Waals surface area contributed by atoms with Crippen molar-refractivity contribution in [3.8, 4) is 0 Å². The minimum Gasteiger partial charge on any atom is -0.480 e. The smallest absolute Gasteiger partial charge is 0.329 e. The highest BCUT2D eigenvalue weighted by molar-refractivity contribution is 6.00. The fourth-order valence-electron chi connectivity index (χ4n) is 3.61. The maximum atomic E-state index is 12.9. The molecule has 0 aliphatic heterocycles. The number of nitrogens with one attached hydrogen (secondary N) is 1. The summed E-state index contributed by atoms with van der Waals surface area (Å²) in [4.78, 5) is 29.3. The highest BCUT2D eigenvalue weighted by atomic mass is 16.4. The van der Waals surface area contributed by atoms with Gasteiger partial charge in [-0.1, -0.05) is 6.92 Å². The molecule has 1 saturated carbocycles. The first-order valence-electron chi connectivity index (χ1n) is 9.14. The monoisotopic (exact) mass is 358 g/mol. The molecule has 0 spiro atoms. The van der Waals surface area contributed by atoms with E-state index in [-0.39, 0.29) is 11.9 Å². The van der Waals surface area contributed by atoms with Crippen molar-refractivity contribution in [3.63, 3.8) is 0 Å². The highest BCUT2D eigenvalue weighted by Crippen LogP contribution is 2.32. The molecule has 1 fully saturated rings. The van der Waals surface area contributed by atoms with Crippen molar-refractivity contribution in [3.05, 3.63) is 23.5 Å². The van der Waals surface area contributed by atoms with Gasteiger partial charge in [0.1, 0.15) is 5.54 Å². The van der Waals surface area contributed by atoms with Gasteiger partial charge in [-0.3, -0.25) is 4.79 Å². The van der Waals surface area contributed by atoms with Crippen LogP contribution < -0.4 is 5.32 Å². The van der Waals surface area contributed by atoms with Crippen molar-refractivity contribution >= 4 is 22.9 Å². The summed E-state index contributed by atoms with van der Waals surface area (Å²) in [5.74, 6) is -0.857. The number of hydrogen-bond donors (Lipinski definition) is 2. The van der Waals surface area contributed by atoms with E-state index in [4.69, 9.17) is 0 Å². The van der Waals surface area contributed by atoms with Gasteiger partial charge in [0, 0.05) is 11.4 Å². The van der Waals surface area contributed by atoms with E-state index in [0.717, 1.165) is 23.9 Å². The third-order valence-corrected chi connectivity index (χ3v) is 5.38. The maximum absolute atomic E-state index is 12.9. The summed E-state index contributed by atoms with van der Waals surface area (Å²) >= 11 is 0. The molecule has 0 unspecified atom stereocenters. The lowest BCUT2D eigenvalue weighted by atomic mass is 9.77. The fraction of sp³-hybridized carbons (Fsp3) is 0.579. The van der Waals surface area contributed by atoms with Crippen LogP contribution in [0.1, 0.15) is 68.5 Å². The molecule has 7 nitrogen and oxygen atoms in total. The molecular weight excluding hydrogens is 332 g/mol. The Labute approximate surface area is 152 Å². The highest BCUT2D eigenvalue weighted by Gasteiger charge is 2.42. The van der Waals surface area contributed by atoms with Gasteiger partial charge in [-0.15, -0.1) is 0 Å². The molecule has 0 atom stereocenters. The first kappa shape index (κ1) is 18.4. The number of fused-ring (bicyclic) bond motifs is 1. The van der Waals surface area contributed by atoms with E-state index in [1.54, 1.807) is 19.2 Å². The van der Waals surface area contributed by atoms with Gasteiger partial charge in [-0.2, -0.15) is 5.10 Å². The van der Waals surface area contributed by atoms with Gasteiger partial charge in [-0.25, -0.2) is 14.5 Å². The average molecular weight is 358 g/mol. The number of amides is 1. The standard InChI is InChI=1S/C19H26N4O3/c1-11(2)23-16-14(10-20-23)9-15(13(4)21-16)17(24)22-19(18(25)26)7-5-12(3)6-8-19/h9-12H,5-8H2,1-4H3,(H,22,24)(H,25,26). The Bertz CT molecular complexity index is 848. The SMILES string of the molecule is Cc1nc2c(cnn2C(C)C)cc1C(=O)NC1(C(=O)O)CCC(C)CC1. The Hall–Kier alpha value is -2.44. The summed E-state index contributed by atoms with van der Waals surface area (Å²) in [5, 5.41) is 17.6. The molecule has 0 aromatic carbocycles. The first-order valence-corrected chi connectivity index (χ1v) is 9.14. The van der Waals surface area contributed by atoms with E-state index in [0.29, 0.717) is 30.0 Å². The lowest BCUT2D eigenvalue weighted by Gasteiger charge is -2.36. The average Bonchev–Trinajstić information content (AvgIpc) is 2.99. The van der Waals surface area contributed by atoms with Crippen molar-refractivity contribution < 1.29 is 14.7 Å². The summed E-state index contributed by atoms with van der Waals surface area (Å²) in [5.41, 5.74) is 0.517. The van der Waals surface area contributed by atoms with Crippen molar-refractivity contribution in [2.75, 3.05) is 0 Å². The van der Waals surface area contributed by atoms with Gasteiger partial charge < -0.3 is 10.4 Å². The second-order valence-electron chi connectivity index (χ2n) is 7.74. The van der Waals surface area contributed by atoms with E-state index >= 15 is 0 Å². The van der Waals surface area contributed by atoms with Crippen molar-refractivity contribution in [1.29, 1.82) is 0 Å². The van der Waals surface area contributed by atoms with Gasteiger partial charge in [0.15, 0.2) is 5.65 Å². The lowest BCUT2D eigenvalue weighted by molar-refractivity contribution is -0.146. The van der Waals surface area contributed by atoms with E-state index in [1.807, 2.05) is 18.5 Å². The topological polar surface area (TPSA) is 97.1 Å². The minimum atomic E-state index is -1.19. The predicted molar refractivity (Wildman–Crippen MR) is 98.1 cm³/mol. The molecule has 2 aromatic rings. The van der Waals surface area contributed by atoms with Gasteiger partial charge in [0.25, 0.3) is 5.91 Å². The summed E-state index contributed by atoms with van der Waals surface area (Å²) in [7, 11) is 0. The number of aromatic nitrogens is 3. The number of hydrogen-bond acceptors (Lipinski definition) is 4. The summed E-state index contributed by atoms with van der Waals surface area (Å²) < 4.78 is 1.81. The maximum Gasteiger partial charge on any atom is 0.329 e. The van der Waals surface area contributed by atoms with Crippen LogP contribution in [0.5, 0.6) is 0 Å². The minimum absolute atomic E-state index is 0.165. The molecule has 0 saturated heterocycles. The summed E-state index contributed by atoms with van der Waals surface area (Å²) in [6, 6.07) is 1.92. The second kappa shape index (κ2) is 6.70. The van der Waals surface area contributed by atoms with Crippen LogP contribution in [0, 0.1) is 12.8 Å². The molecule has 0 bridgehead atoms. The number of carboxylic acids is 1. The molecular formula is C19H26N4O3. The molecule has 2 heterocycles. The lowest BCUT2D eigenvalue weighted by Crippen LogP contribution is -2.56. The van der Waals surface area contributed by atoms with E-state index in [9.17, 15) is 14.7 Å². The Kier molecular flexibility index (Phi) is 4.73. The largest absolute Gasteiger partial charge is 0.480 e. The Morgan fingerprint density at radius 1 is 1.35 bits per heavy atom. The molecule has 3 rings (SSSR count). The molecule has 26 heavy (non-hydrogen) atoms. The Morgan fingerprint density at radius 2 is 2.00 bits per heavy atom. The van der Waals surface area contributed by atoms with Crippen LogP contribution >= 0.6 is 0 Å². The van der Waals surface area contributed by atoms with Crippen LogP contribution in [-0.2, 0) is 4.79 Å². The number of aryl methyl sites for hydroxylation is 1. The van der Waals surface area contributed by atoms with Crippen molar-refractivity contribution in [2.45, 2.75) is 65.0 Å². The van der Waals surface area contributed by atoms with Crippen LogP contribution in [0.25, 0.3) is 11.0 Å². The number of carbonyl (C=O) groups excluding carboxylic acids is 1.